The van der Waals surface area contributed by atoms with E-state index < -0.39 is 23.2 Å². The van der Waals surface area contributed by atoms with Gasteiger partial charge in [0.15, 0.2) is 0 Å². The second-order valence-electron chi connectivity index (χ2n) is 6.50. The minimum absolute atomic E-state index is 0.260. The van der Waals surface area contributed by atoms with Crippen molar-refractivity contribution in [3.05, 3.63) is 52.0 Å². The Hall–Kier alpha value is -2.92. The molecule has 2 aromatic carbocycles. The first-order chi connectivity index (χ1) is 14.2. The third-order valence-corrected chi connectivity index (χ3v) is 4.60. The Morgan fingerprint density at radius 1 is 1.30 bits per heavy atom. The third kappa shape index (κ3) is 5.80. The molecule has 5 nitrogen and oxygen atoms in total. The predicted molar refractivity (Wildman–Crippen MR) is 110 cm³/mol. The second kappa shape index (κ2) is 10.2. The van der Waals surface area contributed by atoms with Gasteiger partial charge in [0.1, 0.15) is 23.3 Å². The molecule has 0 aliphatic carbocycles. The average molecular weight is 440 g/mol. The molecule has 0 radical (unpaired) electrons. The van der Waals surface area contributed by atoms with E-state index in [2.05, 4.69) is 5.32 Å². The van der Waals surface area contributed by atoms with Crippen LogP contribution in [0, 0.1) is 16.7 Å². The van der Waals surface area contributed by atoms with Crippen molar-refractivity contribution >= 4 is 23.0 Å². The maximum atomic E-state index is 12.8. The summed E-state index contributed by atoms with van der Waals surface area (Å²) >= 11 is 5.98. The molecule has 160 valence electrons. The summed E-state index contributed by atoms with van der Waals surface area (Å²) in [6.07, 6.45) is -3.36. The largest absolute Gasteiger partial charge is 0.507 e. The Balaban J connectivity index is 1.99. The van der Waals surface area contributed by atoms with E-state index in [1.165, 1.54) is 6.07 Å². The van der Waals surface area contributed by atoms with Gasteiger partial charge < -0.3 is 15.2 Å². The van der Waals surface area contributed by atoms with Crippen LogP contribution >= 0.6 is 11.6 Å². The van der Waals surface area contributed by atoms with Crippen molar-refractivity contribution in [3.8, 4) is 17.6 Å². The van der Waals surface area contributed by atoms with Crippen LogP contribution in [0.3, 0.4) is 0 Å². The monoisotopic (exact) mass is 439 g/mol. The summed E-state index contributed by atoms with van der Waals surface area (Å²) in [5.41, 5.74) is -0.753. The molecule has 2 aromatic rings. The lowest BCUT2D eigenvalue weighted by Gasteiger charge is -2.17. The maximum absolute atomic E-state index is 12.8. The highest BCUT2D eigenvalue weighted by molar-refractivity contribution is 6.32. The van der Waals surface area contributed by atoms with Gasteiger partial charge in [0.05, 0.1) is 17.2 Å². The van der Waals surface area contributed by atoms with Crippen LogP contribution in [-0.4, -0.2) is 30.1 Å². The van der Waals surface area contributed by atoms with Gasteiger partial charge in [-0.05, 0) is 43.2 Å². The molecule has 0 spiro atoms. The standard InChI is InChI=1S/C21H21ClF3N3O2/c1-2-4-15-18(8-7-16(19(15)29)20(27)21(23,24)25)30-10-3-9-28-14-6-5-13(12-26)17(22)11-14/h5-8,11,27-29H,2-4,9-10H2,1H3. The summed E-state index contributed by atoms with van der Waals surface area (Å²) in [7, 11) is 0. The van der Waals surface area contributed by atoms with Crippen LogP contribution in [0.25, 0.3) is 0 Å². The zero-order valence-electron chi connectivity index (χ0n) is 16.2. The van der Waals surface area contributed by atoms with E-state index in [1.54, 1.807) is 18.2 Å². The number of rotatable bonds is 9. The molecule has 0 bridgehead atoms. The molecular formula is C21H21ClF3N3O2. The quantitative estimate of drug-likeness (QED) is 0.346. The van der Waals surface area contributed by atoms with Crippen molar-refractivity contribution in [2.75, 3.05) is 18.5 Å². The summed E-state index contributed by atoms with van der Waals surface area (Å²) in [5, 5.41) is 29.9. The zero-order valence-corrected chi connectivity index (χ0v) is 17.0. The van der Waals surface area contributed by atoms with E-state index in [9.17, 15) is 18.3 Å². The van der Waals surface area contributed by atoms with Gasteiger partial charge in [-0.15, -0.1) is 0 Å². The van der Waals surface area contributed by atoms with Gasteiger partial charge >= 0.3 is 6.18 Å². The molecule has 0 saturated heterocycles. The van der Waals surface area contributed by atoms with E-state index in [4.69, 9.17) is 27.0 Å². The first-order valence-corrected chi connectivity index (χ1v) is 9.64. The highest BCUT2D eigenvalue weighted by atomic mass is 35.5. The summed E-state index contributed by atoms with van der Waals surface area (Å²) in [5.74, 6) is -0.267. The number of ether oxygens (including phenoxy) is 1. The Morgan fingerprint density at radius 2 is 2.03 bits per heavy atom. The second-order valence-corrected chi connectivity index (χ2v) is 6.90. The van der Waals surface area contributed by atoms with E-state index in [-0.39, 0.29) is 12.2 Å². The first-order valence-electron chi connectivity index (χ1n) is 9.26. The van der Waals surface area contributed by atoms with Crippen molar-refractivity contribution in [2.24, 2.45) is 0 Å². The van der Waals surface area contributed by atoms with E-state index in [0.717, 1.165) is 11.8 Å². The molecule has 3 N–H and O–H groups in total. The van der Waals surface area contributed by atoms with Crippen LogP contribution in [0.5, 0.6) is 11.5 Å². The number of aromatic hydroxyl groups is 1. The van der Waals surface area contributed by atoms with Crippen LogP contribution < -0.4 is 10.1 Å². The van der Waals surface area contributed by atoms with E-state index in [1.807, 2.05) is 13.0 Å². The van der Waals surface area contributed by atoms with Crippen molar-refractivity contribution < 1.29 is 23.0 Å². The smallest absolute Gasteiger partial charge is 0.433 e. The molecule has 0 aliphatic heterocycles. The highest BCUT2D eigenvalue weighted by Crippen LogP contribution is 2.36. The molecule has 2 rings (SSSR count). The lowest BCUT2D eigenvalue weighted by atomic mass is 10.00. The number of alkyl halides is 3. The lowest BCUT2D eigenvalue weighted by Crippen LogP contribution is -2.23. The first kappa shape index (κ1) is 23.4. The topological polar surface area (TPSA) is 89.1 Å². The van der Waals surface area contributed by atoms with Gasteiger partial charge in [0.25, 0.3) is 0 Å². The van der Waals surface area contributed by atoms with Gasteiger partial charge in [-0.2, -0.15) is 18.4 Å². The van der Waals surface area contributed by atoms with Crippen LogP contribution in [0.15, 0.2) is 30.3 Å². The minimum atomic E-state index is -4.84. The molecule has 0 atom stereocenters. The fourth-order valence-electron chi connectivity index (χ4n) is 2.80. The van der Waals surface area contributed by atoms with Crippen molar-refractivity contribution in [1.29, 1.82) is 10.7 Å². The SMILES string of the molecule is CCCc1c(OCCCNc2ccc(C#N)c(Cl)c2)ccc(C(=N)C(F)(F)F)c1O. The number of phenols is 1. The summed E-state index contributed by atoms with van der Waals surface area (Å²) in [4.78, 5) is 0. The minimum Gasteiger partial charge on any atom is -0.507 e. The zero-order chi connectivity index (χ0) is 22.3. The van der Waals surface area contributed by atoms with Gasteiger partial charge in [-0.3, -0.25) is 5.41 Å². The molecular weight excluding hydrogens is 419 g/mol. The van der Waals surface area contributed by atoms with Gasteiger partial charge in [-0.1, -0.05) is 24.9 Å². The van der Waals surface area contributed by atoms with E-state index >= 15 is 0 Å². The molecule has 0 unspecified atom stereocenters. The number of halogens is 4. The number of nitrogens with zero attached hydrogens (tertiary/aromatic N) is 1. The molecule has 9 heteroatoms. The normalized spacial score (nSPS) is 11.1. The number of nitriles is 1. The summed E-state index contributed by atoms with van der Waals surface area (Å²) in [6, 6.07) is 9.38. The number of benzene rings is 2. The molecule has 0 saturated carbocycles. The molecule has 0 heterocycles. The fourth-order valence-corrected chi connectivity index (χ4v) is 3.02. The number of nitrogens with one attached hydrogen (secondary N) is 2. The van der Waals surface area contributed by atoms with Crippen LogP contribution in [0.4, 0.5) is 18.9 Å². The highest BCUT2D eigenvalue weighted by Gasteiger charge is 2.37. The summed E-state index contributed by atoms with van der Waals surface area (Å²) in [6.45, 7) is 2.63. The van der Waals surface area contributed by atoms with Gasteiger partial charge in [-0.25, -0.2) is 0 Å². The van der Waals surface area contributed by atoms with Crippen molar-refractivity contribution in [3.63, 3.8) is 0 Å². The van der Waals surface area contributed by atoms with Crippen LogP contribution in [0.2, 0.25) is 5.02 Å². The molecule has 0 aliphatic rings. The van der Waals surface area contributed by atoms with Crippen LogP contribution in [0.1, 0.15) is 36.5 Å². The predicted octanol–water partition coefficient (Wildman–Crippen LogP) is 5.68. The number of phenolic OH excluding ortho intramolecular Hbond substituents is 1. The average Bonchev–Trinajstić information content (AvgIpc) is 2.69. The van der Waals surface area contributed by atoms with Gasteiger partial charge in [0, 0.05) is 23.4 Å². The summed E-state index contributed by atoms with van der Waals surface area (Å²) < 4.78 is 44.2. The van der Waals surface area contributed by atoms with Crippen molar-refractivity contribution in [2.45, 2.75) is 32.4 Å². The van der Waals surface area contributed by atoms with Gasteiger partial charge in [0.2, 0.25) is 0 Å². The lowest BCUT2D eigenvalue weighted by molar-refractivity contribution is -0.0588. The number of anilines is 1. The molecule has 0 amide bonds. The molecule has 0 aromatic heterocycles. The molecule has 0 fully saturated rings. The Bertz CT molecular complexity index is 956. The Labute approximate surface area is 177 Å². The third-order valence-electron chi connectivity index (χ3n) is 4.29. The number of hydrogen-bond acceptors (Lipinski definition) is 5. The Kier molecular flexibility index (Phi) is 7.95. The van der Waals surface area contributed by atoms with Crippen LogP contribution in [-0.2, 0) is 6.42 Å². The maximum Gasteiger partial charge on any atom is 0.433 e. The number of hydrogen-bond donors (Lipinski definition) is 3. The fraction of sp³-hybridized carbons (Fsp3) is 0.333. The van der Waals surface area contributed by atoms with Crippen molar-refractivity contribution in [1.82, 2.24) is 0 Å². The molecule has 30 heavy (non-hydrogen) atoms. The van der Waals surface area contributed by atoms with E-state index in [0.29, 0.717) is 42.1 Å². The Morgan fingerprint density at radius 3 is 2.63 bits per heavy atom.